The van der Waals surface area contributed by atoms with Crippen molar-refractivity contribution in [2.24, 2.45) is 17.8 Å². The lowest BCUT2D eigenvalue weighted by molar-refractivity contribution is -0.128. The Balaban J connectivity index is 1.64. The van der Waals surface area contributed by atoms with E-state index < -0.39 is 0 Å². The second-order valence-corrected chi connectivity index (χ2v) is 6.26. The predicted molar refractivity (Wildman–Crippen MR) is 64.2 cm³/mol. The molecule has 1 aliphatic carbocycles. The monoisotopic (exact) mass is 221 g/mol. The maximum absolute atomic E-state index is 12.5. The van der Waals surface area contributed by atoms with Gasteiger partial charge in [-0.25, -0.2) is 0 Å². The van der Waals surface area contributed by atoms with Crippen molar-refractivity contribution in [3.05, 3.63) is 0 Å². The number of hydrogen-bond donors (Lipinski definition) is 1. The molecule has 90 valence electrons. The smallest absolute Gasteiger partial charge is 0.140 e. The molecular formula is C14H23NO. The second-order valence-electron chi connectivity index (χ2n) is 6.26. The van der Waals surface area contributed by atoms with Crippen LogP contribution in [0.4, 0.5) is 0 Å². The number of fused-ring (bicyclic) bond motifs is 2. The summed E-state index contributed by atoms with van der Waals surface area (Å²) in [6, 6.07) is 1.20. The molecule has 3 rings (SSSR count). The molecule has 5 unspecified atom stereocenters. The summed E-state index contributed by atoms with van der Waals surface area (Å²) < 4.78 is 0. The van der Waals surface area contributed by atoms with Gasteiger partial charge in [0.15, 0.2) is 0 Å². The van der Waals surface area contributed by atoms with Crippen LogP contribution in [0.3, 0.4) is 0 Å². The topological polar surface area (TPSA) is 29.1 Å². The minimum absolute atomic E-state index is 0.369. The van der Waals surface area contributed by atoms with E-state index in [-0.39, 0.29) is 0 Å². The van der Waals surface area contributed by atoms with Gasteiger partial charge in [0.2, 0.25) is 0 Å². The highest BCUT2D eigenvalue weighted by molar-refractivity contribution is 5.84. The number of Topliss-reactive ketones (excluding diaryl/α,β-unsaturated/α-hetero) is 1. The van der Waals surface area contributed by atoms with E-state index in [0.717, 1.165) is 25.2 Å². The highest BCUT2D eigenvalue weighted by atomic mass is 16.1. The van der Waals surface area contributed by atoms with Gasteiger partial charge in [-0.1, -0.05) is 19.8 Å². The van der Waals surface area contributed by atoms with Gasteiger partial charge in [0.05, 0.1) is 0 Å². The molecule has 2 nitrogen and oxygen atoms in total. The second kappa shape index (κ2) is 4.14. The standard InChI is InChI=1S/C14H23NO/c1-9-3-2-4-10(7-9)14(16)12-8-11-5-6-13(12)15-11/h9-13,15H,2-8H2,1H3. The van der Waals surface area contributed by atoms with Crippen LogP contribution < -0.4 is 5.32 Å². The summed E-state index contributed by atoms with van der Waals surface area (Å²) >= 11 is 0. The van der Waals surface area contributed by atoms with Gasteiger partial charge in [-0.15, -0.1) is 0 Å². The summed E-state index contributed by atoms with van der Waals surface area (Å²) in [5, 5.41) is 3.59. The largest absolute Gasteiger partial charge is 0.310 e. The normalized spacial score (nSPS) is 47.2. The van der Waals surface area contributed by atoms with Crippen molar-refractivity contribution in [1.82, 2.24) is 5.32 Å². The molecule has 2 heterocycles. The number of carbonyl (C=O) groups is 1. The average molecular weight is 221 g/mol. The van der Waals surface area contributed by atoms with Crippen LogP contribution in [0.5, 0.6) is 0 Å². The molecule has 3 fully saturated rings. The number of hydrogen-bond acceptors (Lipinski definition) is 2. The molecular weight excluding hydrogens is 198 g/mol. The van der Waals surface area contributed by atoms with Crippen molar-refractivity contribution in [1.29, 1.82) is 0 Å². The summed E-state index contributed by atoms with van der Waals surface area (Å²) in [6.45, 7) is 2.30. The van der Waals surface area contributed by atoms with Gasteiger partial charge in [-0.2, -0.15) is 0 Å². The zero-order valence-corrected chi connectivity index (χ0v) is 10.2. The lowest BCUT2D eigenvalue weighted by Crippen LogP contribution is -2.34. The van der Waals surface area contributed by atoms with E-state index in [1.165, 1.54) is 25.7 Å². The number of rotatable bonds is 2. The van der Waals surface area contributed by atoms with Crippen molar-refractivity contribution >= 4 is 5.78 Å². The Morgan fingerprint density at radius 3 is 2.62 bits per heavy atom. The molecule has 3 aliphatic rings. The van der Waals surface area contributed by atoms with Gasteiger partial charge >= 0.3 is 0 Å². The highest BCUT2D eigenvalue weighted by Gasteiger charge is 2.44. The summed E-state index contributed by atoms with van der Waals surface area (Å²) in [6.07, 6.45) is 8.60. The Morgan fingerprint density at radius 2 is 2.00 bits per heavy atom. The van der Waals surface area contributed by atoms with Crippen molar-refractivity contribution in [2.75, 3.05) is 0 Å². The fraction of sp³-hybridized carbons (Fsp3) is 0.929. The molecule has 0 amide bonds. The molecule has 0 aromatic rings. The van der Waals surface area contributed by atoms with Gasteiger partial charge in [0.25, 0.3) is 0 Å². The molecule has 1 N–H and O–H groups in total. The molecule has 0 spiro atoms. The molecule has 2 heteroatoms. The minimum Gasteiger partial charge on any atom is -0.310 e. The highest BCUT2D eigenvalue weighted by Crippen LogP contribution is 2.38. The molecule has 5 atom stereocenters. The number of nitrogens with one attached hydrogen (secondary N) is 1. The maximum atomic E-state index is 12.5. The van der Waals surface area contributed by atoms with Crippen LogP contribution in [0.2, 0.25) is 0 Å². The fourth-order valence-electron chi connectivity index (χ4n) is 4.13. The predicted octanol–water partition coefficient (Wildman–Crippen LogP) is 2.52. The molecule has 2 saturated heterocycles. The maximum Gasteiger partial charge on any atom is 0.140 e. The SMILES string of the molecule is CC1CCCC(C(=O)C2CC3CCC2N3)C1. The minimum atomic E-state index is 0.369. The van der Waals surface area contributed by atoms with Gasteiger partial charge in [-0.3, -0.25) is 4.79 Å². The first-order valence-corrected chi connectivity index (χ1v) is 7.04. The Morgan fingerprint density at radius 1 is 1.12 bits per heavy atom. The molecule has 16 heavy (non-hydrogen) atoms. The third kappa shape index (κ3) is 1.81. The molecule has 2 bridgehead atoms. The molecule has 0 aromatic carbocycles. The Labute approximate surface area is 98.2 Å². The quantitative estimate of drug-likeness (QED) is 0.776. The first kappa shape index (κ1) is 10.8. The van der Waals surface area contributed by atoms with Crippen LogP contribution in [0.25, 0.3) is 0 Å². The van der Waals surface area contributed by atoms with Crippen LogP contribution in [0.1, 0.15) is 51.9 Å². The third-order valence-electron chi connectivity index (χ3n) is 5.00. The van der Waals surface area contributed by atoms with E-state index in [0.29, 0.717) is 29.7 Å². The van der Waals surface area contributed by atoms with Gasteiger partial charge in [0, 0.05) is 23.9 Å². The summed E-state index contributed by atoms with van der Waals surface area (Å²) in [4.78, 5) is 12.5. The fourth-order valence-corrected chi connectivity index (χ4v) is 4.13. The van der Waals surface area contributed by atoms with Gasteiger partial charge in [-0.05, 0) is 38.0 Å². The molecule has 2 aliphatic heterocycles. The van der Waals surface area contributed by atoms with E-state index in [9.17, 15) is 4.79 Å². The van der Waals surface area contributed by atoms with Crippen LogP contribution >= 0.6 is 0 Å². The van der Waals surface area contributed by atoms with E-state index in [4.69, 9.17) is 0 Å². The van der Waals surface area contributed by atoms with E-state index in [2.05, 4.69) is 12.2 Å². The zero-order chi connectivity index (χ0) is 11.1. The lowest BCUT2D eigenvalue weighted by Gasteiger charge is -2.29. The van der Waals surface area contributed by atoms with Crippen molar-refractivity contribution < 1.29 is 4.79 Å². The van der Waals surface area contributed by atoms with Crippen LogP contribution in [0, 0.1) is 17.8 Å². The van der Waals surface area contributed by atoms with E-state index in [1.54, 1.807) is 0 Å². The number of ketones is 1. The Bertz CT molecular complexity index is 288. The van der Waals surface area contributed by atoms with E-state index in [1.807, 2.05) is 0 Å². The average Bonchev–Trinajstić information content (AvgIpc) is 2.89. The first-order chi connectivity index (χ1) is 7.74. The first-order valence-electron chi connectivity index (χ1n) is 7.04. The van der Waals surface area contributed by atoms with Crippen molar-refractivity contribution in [3.8, 4) is 0 Å². The van der Waals surface area contributed by atoms with Gasteiger partial charge < -0.3 is 5.32 Å². The molecule has 0 aromatic heterocycles. The van der Waals surface area contributed by atoms with E-state index >= 15 is 0 Å². The molecule has 0 radical (unpaired) electrons. The van der Waals surface area contributed by atoms with Crippen LogP contribution in [0.15, 0.2) is 0 Å². The lowest BCUT2D eigenvalue weighted by atomic mass is 9.74. The Kier molecular flexibility index (Phi) is 2.78. The van der Waals surface area contributed by atoms with Crippen LogP contribution in [-0.2, 0) is 4.79 Å². The van der Waals surface area contributed by atoms with Crippen LogP contribution in [-0.4, -0.2) is 17.9 Å². The summed E-state index contributed by atoms with van der Waals surface area (Å²) in [5.41, 5.74) is 0. The zero-order valence-electron chi connectivity index (χ0n) is 10.2. The molecule has 1 saturated carbocycles. The summed E-state index contributed by atoms with van der Waals surface area (Å²) in [7, 11) is 0. The summed E-state index contributed by atoms with van der Waals surface area (Å²) in [5.74, 6) is 2.14. The van der Waals surface area contributed by atoms with Crippen molar-refractivity contribution in [3.63, 3.8) is 0 Å². The Hall–Kier alpha value is -0.370. The third-order valence-corrected chi connectivity index (χ3v) is 5.00. The number of carbonyl (C=O) groups excluding carboxylic acids is 1. The van der Waals surface area contributed by atoms with Gasteiger partial charge in [0.1, 0.15) is 5.78 Å². The van der Waals surface area contributed by atoms with Crippen molar-refractivity contribution in [2.45, 2.75) is 64.0 Å².